The Morgan fingerprint density at radius 2 is 1.74 bits per heavy atom. The predicted octanol–water partition coefficient (Wildman–Crippen LogP) is 10.7. The number of pyridine rings is 2. The molecule has 2 aliphatic rings. The van der Waals surface area contributed by atoms with E-state index in [1.54, 1.807) is 17.9 Å². The van der Waals surface area contributed by atoms with E-state index in [2.05, 4.69) is 143 Å². The van der Waals surface area contributed by atoms with Crippen LogP contribution in [0.1, 0.15) is 119 Å². The lowest BCUT2D eigenvalue weighted by molar-refractivity contribution is -0.729. The molecule has 0 amide bonds. The molecule has 1 aliphatic heterocycles. The highest BCUT2D eigenvalue weighted by molar-refractivity contribution is 6.89. The predicted molar refractivity (Wildman–Crippen MR) is 228 cm³/mol. The van der Waals surface area contributed by atoms with Crippen molar-refractivity contribution in [1.82, 2.24) is 5.32 Å². The van der Waals surface area contributed by atoms with Crippen molar-refractivity contribution in [3.63, 3.8) is 0 Å². The minimum Gasteiger partial charge on any atom is -0.483 e. The molecule has 286 valence electrons. The number of fused-ring (bicyclic) bond motifs is 3. The van der Waals surface area contributed by atoms with E-state index in [-0.39, 0.29) is 17.4 Å². The Bertz CT molecular complexity index is 1790. The molecule has 3 unspecified atom stereocenters. The van der Waals surface area contributed by atoms with Crippen LogP contribution in [0.2, 0.25) is 19.6 Å². The zero-order chi connectivity index (χ0) is 38.5. The van der Waals surface area contributed by atoms with E-state index in [9.17, 15) is 0 Å². The number of aromatic nitrogens is 2. The van der Waals surface area contributed by atoms with Gasteiger partial charge in [0.15, 0.2) is 24.0 Å². The van der Waals surface area contributed by atoms with Gasteiger partial charge in [-0.2, -0.15) is 9.13 Å². The lowest BCUT2D eigenvalue weighted by atomic mass is 9.77. The van der Waals surface area contributed by atoms with Crippen molar-refractivity contribution in [2.75, 3.05) is 13.7 Å². The highest BCUT2D eigenvalue weighted by atomic mass is 28.3. The molecule has 5 rings (SSSR count). The molecule has 3 heterocycles. The van der Waals surface area contributed by atoms with Gasteiger partial charge in [0.2, 0.25) is 17.4 Å². The molecule has 1 N–H and O–H groups in total. The molecule has 53 heavy (non-hydrogen) atoms. The maximum Gasteiger partial charge on any atom is 0.249 e. The second-order valence-electron chi connectivity index (χ2n) is 18.5. The van der Waals surface area contributed by atoms with Crippen LogP contribution in [0.15, 0.2) is 80.0 Å². The molecule has 0 spiro atoms. The summed E-state index contributed by atoms with van der Waals surface area (Å²) in [7, 11) is -0.0176. The SMILES string of the molecule is C=C(NCC(/C=C\CC)CCC1c2ccccc2-c2cc(CC3CCCCC3)c([Si](C)(C)C)c[n+]2C1C(=C)[n+]1cc(C)c(CC(C)(C)C)cc1C)OC. The fourth-order valence-electron chi connectivity index (χ4n) is 9.06. The van der Waals surface area contributed by atoms with Crippen molar-refractivity contribution >= 4 is 19.0 Å². The fraction of sp³-hybridized carbons (Fsp3) is 0.542. The van der Waals surface area contributed by atoms with Crippen molar-refractivity contribution in [3.05, 3.63) is 108 Å². The summed E-state index contributed by atoms with van der Waals surface area (Å²) in [6, 6.07) is 14.4. The Balaban J connectivity index is 1.67. The van der Waals surface area contributed by atoms with Crippen molar-refractivity contribution in [1.29, 1.82) is 0 Å². The Morgan fingerprint density at radius 3 is 2.40 bits per heavy atom. The van der Waals surface area contributed by atoms with E-state index in [1.165, 1.54) is 72.2 Å². The largest absolute Gasteiger partial charge is 0.483 e. The molecule has 0 radical (unpaired) electrons. The third-order valence-corrected chi connectivity index (χ3v) is 13.9. The molecule has 1 fully saturated rings. The van der Waals surface area contributed by atoms with Crippen LogP contribution in [0.5, 0.6) is 0 Å². The first-order valence-corrected chi connectivity index (χ1v) is 24.1. The minimum atomic E-state index is -1.70. The highest BCUT2D eigenvalue weighted by Crippen LogP contribution is 2.44. The topological polar surface area (TPSA) is 29.0 Å². The number of nitrogens with zero attached hydrogens (tertiary/aromatic N) is 2. The first kappa shape index (κ1) is 40.7. The zero-order valence-corrected chi connectivity index (χ0v) is 36.1. The molecule has 3 atom stereocenters. The summed E-state index contributed by atoms with van der Waals surface area (Å²) in [6.07, 6.45) is 22.0. The van der Waals surface area contributed by atoms with Gasteiger partial charge in [-0.15, -0.1) is 0 Å². The third-order valence-electron chi connectivity index (χ3n) is 11.8. The van der Waals surface area contributed by atoms with Gasteiger partial charge in [-0.05, 0) is 92.2 Å². The fourth-order valence-corrected chi connectivity index (χ4v) is 10.7. The van der Waals surface area contributed by atoms with E-state index in [0.717, 1.165) is 43.8 Å². The molecule has 3 aromatic rings. The van der Waals surface area contributed by atoms with Gasteiger partial charge < -0.3 is 10.1 Å². The number of methoxy groups -OCH3 is 1. The molecule has 4 nitrogen and oxygen atoms in total. The summed E-state index contributed by atoms with van der Waals surface area (Å²) in [5, 5.41) is 5.05. The smallest absolute Gasteiger partial charge is 0.249 e. The maximum atomic E-state index is 5.39. The number of hydrogen-bond donors (Lipinski definition) is 1. The third kappa shape index (κ3) is 10.0. The average Bonchev–Trinajstić information content (AvgIpc) is 3.11. The molecule has 1 saturated carbocycles. The number of aryl methyl sites for hydroxylation is 2. The second kappa shape index (κ2) is 17.4. The highest BCUT2D eigenvalue weighted by Gasteiger charge is 2.47. The van der Waals surface area contributed by atoms with Crippen LogP contribution in [0.25, 0.3) is 17.0 Å². The molecular weight excluding hydrogens is 663 g/mol. The second-order valence-corrected chi connectivity index (χ2v) is 23.5. The van der Waals surface area contributed by atoms with Gasteiger partial charge in [0.25, 0.3) is 0 Å². The van der Waals surface area contributed by atoms with Gasteiger partial charge >= 0.3 is 0 Å². The van der Waals surface area contributed by atoms with Crippen LogP contribution in [-0.4, -0.2) is 21.7 Å². The van der Waals surface area contributed by atoms with Crippen LogP contribution in [0.3, 0.4) is 0 Å². The molecular formula is C48H71N3OSi+2. The summed E-state index contributed by atoms with van der Waals surface area (Å²) in [5.74, 6) is 2.04. The Hall–Kier alpha value is -3.44. The van der Waals surface area contributed by atoms with Crippen molar-refractivity contribution in [2.45, 2.75) is 137 Å². The number of allylic oxidation sites excluding steroid dienone is 2. The lowest BCUT2D eigenvalue weighted by Gasteiger charge is -2.33. The van der Waals surface area contributed by atoms with Crippen LogP contribution in [-0.2, 0) is 17.6 Å². The number of rotatable bonds is 15. The minimum absolute atomic E-state index is 0.0769. The number of benzene rings is 1. The lowest BCUT2D eigenvalue weighted by Crippen LogP contribution is -2.57. The van der Waals surface area contributed by atoms with Crippen LogP contribution < -0.4 is 19.6 Å². The maximum absolute atomic E-state index is 5.39. The summed E-state index contributed by atoms with van der Waals surface area (Å²) < 4.78 is 10.5. The summed E-state index contributed by atoms with van der Waals surface area (Å²) in [4.78, 5) is 0. The Morgan fingerprint density at radius 1 is 1.02 bits per heavy atom. The number of nitrogens with one attached hydrogen (secondary N) is 1. The molecule has 1 aromatic carbocycles. The number of ether oxygens (including phenoxy) is 1. The van der Waals surface area contributed by atoms with Crippen molar-refractivity contribution < 1.29 is 13.9 Å². The summed E-state index contributed by atoms with van der Waals surface area (Å²) in [6.45, 7) is 31.3. The van der Waals surface area contributed by atoms with E-state index in [0.29, 0.717) is 11.8 Å². The monoisotopic (exact) mass is 734 g/mol. The van der Waals surface area contributed by atoms with Crippen LogP contribution >= 0.6 is 0 Å². The summed E-state index contributed by atoms with van der Waals surface area (Å²) in [5.41, 5.74) is 11.2. The van der Waals surface area contributed by atoms with E-state index in [1.807, 2.05) is 0 Å². The van der Waals surface area contributed by atoms with Crippen LogP contribution in [0.4, 0.5) is 0 Å². The molecule has 2 aromatic heterocycles. The Kier molecular flexibility index (Phi) is 13.3. The van der Waals surface area contributed by atoms with Gasteiger partial charge in [-0.25, -0.2) is 0 Å². The Labute approximate surface area is 324 Å². The number of hydrogen-bond acceptors (Lipinski definition) is 2. The molecule has 0 bridgehead atoms. The summed E-state index contributed by atoms with van der Waals surface area (Å²) >= 11 is 0. The van der Waals surface area contributed by atoms with E-state index in [4.69, 9.17) is 11.3 Å². The normalized spacial score (nSPS) is 18.4. The van der Waals surface area contributed by atoms with Gasteiger partial charge in [-0.3, -0.25) is 0 Å². The van der Waals surface area contributed by atoms with Gasteiger partial charge in [0.05, 0.1) is 21.1 Å². The zero-order valence-electron chi connectivity index (χ0n) is 35.1. The van der Waals surface area contributed by atoms with Crippen molar-refractivity contribution in [3.8, 4) is 11.3 Å². The van der Waals surface area contributed by atoms with E-state index < -0.39 is 8.07 Å². The molecule has 0 saturated heterocycles. The van der Waals surface area contributed by atoms with Crippen LogP contribution in [0, 0.1) is 31.1 Å². The molecule has 1 aliphatic carbocycles. The quantitative estimate of drug-likeness (QED) is 0.0729. The first-order chi connectivity index (χ1) is 25.1. The van der Waals surface area contributed by atoms with Gasteiger partial charge in [-0.1, -0.05) is 110 Å². The van der Waals surface area contributed by atoms with Gasteiger partial charge in [0.1, 0.15) is 0 Å². The first-order valence-electron chi connectivity index (χ1n) is 20.6. The van der Waals surface area contributed by atoms with Crippen molar-refractivity contribution in [2.24, 2.45) is 17.3 Å². The van der Waals surface area contributed by atoms with Gasteiger partial charge in [0, 0.05) is 41.9 Å². The van der Waals surface area contributed by atoms with E-state index >= 15 is 0 Å². The average molecular weight is 734 g/mol. The molecule has 5 heteroatoms. The standard InChI is InChI=1S/C48H71N3OSi/c1-13-14-20-39(31-49-37(5)52-9)25-26-44-42-23-18-19-24-43(42)45-29-40(28-38-21-16-15-17-22-38)46(53(10,11)12)33-51(45)47(44)36(4)50-32-34(2)41(27-35(50)3)30-48(6,7)8/h14,18-20,23-24,27,29,32-33,38-39,44,47,49H,4-5,13,15-17,21-22,25-26,28,30-31H2,1-3,6-12H3/q+2/b20-14-.